The van der Waals surface area contributed by atoms with Crippen molar-refractivity contribution in [3.05, 3.63) is 72.9 Å². The molecule has 1 N–H and O–H groups in total. The maximum Gasteiger partial charge on any atom is 0.303 e. The van der Waals surface area contributed by atoms with Gasteiger partial charge in [0.25, 0.3) is 0 Å². The summed E-state index contributed by atoms with van der Waals surface area (Å²) in [5.41, 5.74) is 0. The Kier molecular flexibility index (Phi) is 19.3. The maximum absolute atomic E-state index is 10.4. The molecule has 0 fully saturated rings. The molecule has 0 aliphatic carbocycles. The number of rotatable bonds is 16. The fourth-order valence-corrected chi connectivity index (χ4v) is 2.22. The number of carboxylic acids is 1. The molecule has 0 unspecified atom stereocenters. The summed E-state index contributed by atoms with van der Waals surface area (Å²) in [6.07, 6.45) is 35.3. The predicted molar refractivity (Wildman–Crippen MR) is 114 cm³/mol. The van der Waals surface area contributed by atoms with E-state index in [4.69, 9.17) is 5.11 Å². The Morgan fingerprint density at radius 3 is 1.73 bits per heavy atom. The van der Waals surface area contributed by atoms with Gasteiger partial charge in [-0.05, 0) is 57.8 Å². The smallest absolute Gasteiger partial charge is 0.303 e. The van der Waals surface area contributed by atoms with E-state index in [2.05, 4.69) is 55.5 Å². The van der Waals surface area contributed by atoms with E-state index in [1.54, 1.807) is 0 Å². The highest BCUT2D eigenvalue weighted by atomic mass is 16.4. The molecular formula is C24H36O2. The molecule has 0 aliphatic rings. The number of allylic oxidation sites excluding steroid dienone is 12. The predicted octanol–water partition coefficient (Wildman–Crippen LogP) is 7.33. The average Bonchev–Trinajstić information content (AvgIpc) is 2.62. The van der Waals surface area contributed by atoms with Crippen molar-refractivity contribution in [1.29, 1.82) is 0 Å². The molecule has 0 saturated carbocycles. The van der Waals surface area contributed by atoms with E-state index in [9.17, 15) is 4.79 Å². The molecule has 0 aromatic rings. The Morgan fingerprint density at radius 2 is 1.15 bits per heavy atom. The Labute approximate surface area is 160 Å². The molecule has 0 saturated heterocycles. The second-order valence-corrected chi connectivity index (χ2v) is 6.14. The summed E-state index contributed by atoms with van der Waals surface area (Å²) in [5.74, 6) is -0.709. The lowest BCUT2D eigenvalue weighted by Gasteiger charge is -1.92. The first-order chi connectivity index (χ1) is 12.8. The lowest BCUT2D eigenvalue weighted by molar-refractivity contribution is -0.137. The molecule has 144 valence electrons. The summed E-state index contributed by atoms with van der Waals surface area (Å²) >= 11 is 0. The van der Waals surface area contributed by atoms with E-state index >= 15 is 0 Å². The molecule has 2 nitrogen and oxygen atoms in total. The third kappa shape index (κ3) is 21.9. The largest absolute Gasteiger partial charge is 0.481 e. The minimum atomic E-state index is -0.709. The molecule has 0 aliphatic heterocycles. The van der Waals surface area contributed by atoms with Gasteiger partial charge in [0.15, 0.2) is 0 Å². The molecule has 2 heteroatoms. The molecule has 0 atom stereocenters. The number of carboxylic acid groups (broad SMARTS) is 1. The van der Waals surface area contributed by atoms with Crippen LogP contribution in [0.2, 0.25) is 0 Å². The topological polar surface area (TPSA) is 37.3 Å². The second kappa shape index (κ2) is 21.0. The van der Waals surface area contributed by atoms with E-state index in [0.717, 1.165) is 38.5 Å². The van der Waals surface area contributed by atoms with Crippen LogP contribution in [0.3, 0.4) is 0 Å². The number of hydrogen-bond donors (Lipinski definition) is 1. The van der Waals surface area contributed by atoms with Crippen LogP contribution in [0, 0.1) is 0 Å². The van der Waals surface area contributed by atoms with Gasteiger partial charge in [-0.25, -0.2) is 0 Å². The van der Waals surface area contributed by atoms with Gasteiger partial charge in [-0.2, -0.15) is 0 Å². The summed E-state index contributed by atoms with van der Waals surface area (Å²) in [7, 11) is 0. The maximum atomic E-state index is 10.4. The summed E-state index contributed by atoms with van der Waals surface area (Å²) in [4.78, 5) is 10.4. The summed E-state index contributed by atoms with van der Waals surface area (Å²) in [5, 5.41) is 8.53. The van der Waals surface area contributed by atoms with Crippen LogP contribution >= 0.6 is 0 Å². The van der Waals surface area contributed by atoms with Crippen molar-refractivity contribution in [3.63, 3.8) is 0 Å². The van der Waals surface area contributed by atoms with Crippen LogP contribution in [0.25, 0.3) is 0 Å². The highest BCUT2D eigenvalue weighted by Gasteiger charge is 1.93. The molecule has 0 spiro atoms. The zero-order valence-corrected chi connectivity index (χ0v) is 16.4. The van der Waals surface area contributed by atoms with E-state index in [1.807, 2.05) is 24.3 Å². The first-order valence-corrected chi connectivity index (χ1v) is 9.94. The molecule has 0 bridgehead atoms. The lowest BCUT2D eigenvalue weighted by Crippen LogP contribution is -1.92. The van der Waals surface area contributed by atoms with Gasteiger partial charge in [-0.15, -0.1) is 0 Å². The number of unbranched alkanes of at least 4 members (excludes halogenated alkanes) is 5. The molecule has 0 amide bonds. The quantitative estimate of drug-likeness (QED) is 0.178. The van der Waals surface area contributed by atoms with Gasteiger partial charge in [0.1, 0.15) is 0 Å². The van der Waals surface area contributed by atoms with Crippen molar-refractivity contribution in [2.75, 3.05) is 0 Å². The summed E-state index contributed by atoms with van der Waals surface area (Å²) < 4.78 is 0. The number of aliphatic carboxylic acids is 1. The van der Waals surface area contributed by atoms with Gasteiger partial charge in [-0.1, -0.05) is 79.8 Å². The Morgan fingerprint density at radius 1 is 0.654 bits per heavy atom. The highest BCUT2D eigenvalue weighted by molar-refractivity contribution is 5.66. The van der Waals surface area contributed by atoms with Crippen molar-refractivity contribution in [2.45, 2.75) is 71.1 Å². The van der Waals surface area contributed by atoms with Crippen molar-refractivity contribution in [2.24, 2.45) is 0 Å². The van der Waals surface area contributed by atoms with Crippen molar-refractivity contribution in [1.82, 2.24) is 0 Å². The van der Waals surface area contributed by atoms with Crippen molar-refractivity contribution >= 4 is 5.97 Å². The van der Waals surface area contributed by atoms with Gasteiger partial charge >= 0.3 is 5.97 Å². The fraction of sp³-hybridized carbons (Fsp3) is 0.458. The third-order valence-electron chi connectivity index (χ3n) is 3.67. The van der Waals surface area contributed by atoms with Gasteiger partial charge in [0, 0.05) is 6.42 Å². The highest BCUT2D eigenvalue weighted by Crippen LogP contribution is 2.03. The Hall–Kier alpha value is -2.09. The number of carbonyl (C=O) groups is 1. The van der Waals surface area contributed by atoms with Gasteiger partial charge in [-0.3, -0.25) is 4.79 Å². The zero-order valence-electron chi connectivity index (χ0n) is 16.4. The van der Waals surface area contributed by atoms with Gasteiger partial charge in [0.05, 0.1) is 0 Å². The minimum Gasteiger partial charge on any atom is -0.481 e. The second-order valence-electron chi connectivity index (χ2n) is 6.14. The molecule has 26 heavy (non-hydrogen) atoms. The molecular weight excluding hydrogens is 320 g/mol. The van der Waals surface area contributed by atoms with E-state index in [-0.39, 0.29) is 6.42 Å². The first kappa shape index (κ1) is 23.9. The molecule has 0 heterocycles. The van der Waals surface area contributed by atoms with Crippen LogP contribution in [0.15, 0.2) is 72.9 Å². The van der Waals surface area contributed by atoms with Gasteiger partial charge in [0.2, 0.25) is 0 Å². The third-order valence-corrected chi connectivity index (χ3v) is 3.67. The van der Waals surface area contributed by atoms with Crippen LogP contribution < -0.4 is 0 Å². The van der Waals surface area contributed by atoms with E-state index in [0.29, 0.717) is 0 Å². The SMILES string of the molecule is CC/C=C/C/C=C/CCCC/C=C/C=C/C=C/C=C/CCCCC(=O)O. The minimum absolute atomic E-state index is 0.270. The molecule has 0 rings (SSSR count). The fourth-order valence-electron chi connectivity index (χ4n) is 2.22. The monoisotopic (exact) mass is 356 g/mol. The lowest BCUT2D eigenvalue weighted by atomic mass is 10.1. The average molecular weight is 357 g/mol. The molecule has 0 aromatic heterocycles. The van der Waals surface area contributed by atoms with E-state index < -0.39 is 5.97 Å². The van der Waals surface area contributed by atoms with Crippen LogP contribution in [-0.2, 0) is 4.79 Å². The first-order valence-electron chi connectivity index (χ1n) is 9.94. The van der Waals surface area contributed by atoms with Crippen LogP contribution in [-0.4, -0.2) is 11.1 Å². The van der Waals surface area contributed by atoms with Crippen LogP contribution in [0.1, 0.15) is 71.1 Å². The van der Waals surface area contributed by atoms with Gasteiger partial charge < -0.3 is 5.11 Å². The Balaban J connectivity index is 3.49. The van der Waals surface area contributed by atoms with E-state index in [1.165, 1.54) is 19.3 Å². The van der Waals surface area contributed by atoms with Crippen molar-refractivity contribution in [3.8, 4) is 0 Å². The number of hydrogen-bond acceptors (Lipinski definition) is 1. The summed E-state index contributed by atoms with van der Waals surface area (Å²) in [6.45, 7) is 2.16. The zero-order chi connectivity index (χ0) is 19.1. The molecule has 0 aromatic carbocycles. The van der Waals surface area contributed by atoms with Crippen LogP contribution in [0.5, 0.6) is 0 Å². The molecule has 0 radical (unpaired) electrons. The van der Waals surface area contributed by atoms with Crippen molar-refractivity contribution < 1.29 is 9.90 Å². The normalized spacial score (nSPS) is 13.0. The van der Waals surface area contributed by atoms with Crippen LogP contribution in [0.4, 0.5) is 0 Å². The Bertz CT molecular complexity index is 490. The standard InChI is InChI=1S/C24H36O2/c1-2-3-4-5-6-7-8-9-10-11-12-13-14-15-16-17-18-19-20-21-22-23-24(25)26/h3-4,6-7,12-19H,2,5,8-11,20-23H2,1H3,(H,25,26)/b4-3+,7-6+,13-12+,15-14+,17-16+,19-18+. The summed E-state index contributed by atoms with van der Waals surface area (Å²) in [6, 6.07) is 0.